The molecule has 10 N–H and O–H groups in total. The normalized spacial score (nSPS) is 26.3. The Kier molecular flexibility index (Phi) is 11.3. The predicted molar refractivity (Wildman–Crippen MR) is 208 cm³/mol. The summed E-state index contributed by atoms with van der Waals surface area (Å²) in [7, 11) is 0. The van der Waals surface area contributed by atoms with Crippen molar-refractivity contribution in [1.29, 1.82) is 0 Å². The number of rotatable bonds is 9. The summed E-state index contributed by atoms with van der Waals surface area (Å²) in [6.07, 6.45) is -19.0. The first-order valence-corrected chi connectivity index (χ1v) is 18.7. The van der Waals surface area contributed by atoms with Crippen LogP contribution in [-0.4, -0.2) is 125 Å². The topological polar surface area (TPSA) is 326 Å². The first-order chi connectivity index (χ1) is 29.6. The van der Waals surface area contributed by atoms with Crippen LogP contribution in [0.3, 0.4) is 0 Å². The molecular formula is C42H36O20. The first-order valence-electron chi connectivity index (χ1n) is 18.7. The maximum Gasteiger partial charge on any atom is 0.343 e. The molecule has 62 heavy (non-hydrogen) atoms. The average molecular weight is 861 g/mol. The van der Waals surface area contributed by atoms with Gasteiger partial charge < -0.3 is 83.6 Å². The summed E-state index contributed by atoms with van der Waals surface area (Å²) in [5.41, 5.74) is -1.18. The van der Waals surface area contributed by atoms with Gasteiger partial charge in [0.25, 0.3) is 0 Å². The fourth-order valence-corrected chi connectivity index (χ4v) is 6.96. The molecule has 6 aromatic rings. The van der Waals surface area contributed by atoms with Crippen molar-refractivity contribution in [1.82, 2.24) is 0 Å². The van der Waals surface area contributed by atoms with E-state index in [1.54, 1.807) is 0 Å². The van der Waals surface area contributed by atoms with Crippen molar-refractivity contribution < 1.29 is 88.4 Å². The van der Waals surface area contributed by atoms with Crippen molar-refractivity contribution in [2.45, 2.75) is 61.4 Å². The molecule has 0 saturated carbocycles. The smallest absolute Gasteiger partial charge is 0.343 e. The molecule has 10 atom stereocenters. The third-order valence-corrected chi connectivity index (χ3v) is 10.2. The Morgan fingerprint density at radius 1 is 0.565 bits per heavy atom. The lowest BCUT2D eigenvalue weighted by atomic mass is 9.99. The average Bonchev–Trinajstić information content (AvgIpc) is 3.24. The second-order valence-electron chi connectivity index (χ2n) is 14.4. The van der Waals surface area contributed by atoms with E-state index in [0.717, 1.165) is 36.4 Å². The van der Waals surface area contributed by atoms with Gasteiger partial charge in [-0.2, -0.15) is 0 Å². The molecule has 2 unspecified atom stereocenters. The highest BCUT2D eigenvalue weighted by molar-refractivity contribution is 5.90. The Bertz CT molecular complexity index is 2750. The zero-order valence-electron chi connectivity index (χ0n) is 31.6. The van der Waals surface area contributed by atoms with Gasteiger partial charge in [-0.05, 0) is 48.5 Å². The van der Waals surface area contributed by atoms with Gasteiger partial charge in [0, 0.05) is 47.5 Å². The van der Waals surface area contributed by atoms with E-state index >= 15 is 0 Å². The maximum atomic E-state index is 13.9. The molecule has 2 aromatic heterocycles. The SMILES string of the molecule is O=C(Oc1cc(OC2O[C@H](CO)[C@@H](O)[C@H](O)[C@H]2O)cc2oc(-c3ccc(O)cc3)cc(=O)c12)[C@H]1OC(Oc2cc(O)c3c(=O)cc(-c4ccc(O)cc4)oc3c2)[C@H](O)[C@@H](O)[C@@H]1O. The third-order valence-electron chi connectivity index (χ3n) is 10.2. The minimum atomic E-state index is -2.18. The van der Waals surface area contributed by atoms with E-state index in [4.69, 9.17) is 32.5 Å². The Morgan fingerprint density at radius 3 is 1.60 bits per heavy atom. The van der Waals surface area contributed by atoms with Gasteiger partial charge in [0.2, 0.25) is 12.6 Å². The minimum absolute atomic E-state index is 0.0246. The summed E-state index contributed by atoms with van der Waals surface area (Å²) in [6, 6.07) is 17.6. The number of phenolic OH excluding ortho intramolecular Hbond substituents is 3. The zero-order chi connectivity index (χ0) is 44.1. The summed E-state index contributed by atoms with van der Waals surface area (Å²) in [5.74, 6) is -3.39. The van der Waals surface area contributed by atoms with Crippen molar-refractivity contribution in [2.75, 3.05) is 6.61 Å². The molecule has 0 bridgehead atoms. The maximum absolute atomic E-state index is 13.9. The zero-order valence-corrected chi connectivity index (χ0v) is 31.6. The van der Waals surface area contributed by atoms with Crippen LogP contribution in [0.1, 0.15) is 0 Å². The van der Waals surface area contributed by atoms with Gasteiger partial charge in [-0.25, -0.2) is 4.79 Å². The van der Waals surface area contributed by atoms with Crippen LogP contribution in [0.4, 0.5) is 0 Å². The van der Waals surface area contributed by atoms with Crippen LogP contribution in [-0.2, 0) is 14.3 Å². The molecule has 20 nitrogen and oxygen atoms in total. The van der Waals surface area contributed by atoms with Gasteiger partial charge in [-0.15, -0.1) is 0 Å². The second-order valence-corrected chi connectivity index (χ2v) is 14.4. The van der Waals surface area contributed by atoms with Gasteiger partial charge in [-0.3, -0.25) is 9.59 Å². The lowest BCUT2D eigenvalue weighted by Gasteiger charge is -2.39. The fraction of sp³-hybridized carbons (Fsp3) is 0.262. The predicted octanol–water partition coefficient (Wildman–Crippen LogP) is 0.321. The number of hydrogen-bond donors (Lipinski definition) is 10. The number of fused-ring (bicyclic) bond motifs is 2. The number of esters is 1. The van der Waals surface area contributed by atoms with E-state index in [2.05, 4.69) is 0 Å². The number of aromatic hydroxyl groups is 3. The largest absolute Gasteiger partial charge is 0.508 e. The van der Waals surface area contributed by atoms with Gasteiger partial charge in [0.1, 0.15) is 111 Å². The molecule has 0 amide bonds. The number of phenols is 3. The van der Waals surface area contributed by atoms with E-state index in [9.17, 15) is 65.4 Å². The number of carbonyl (C=O) groups is 1. The van der Waals surface area contributed by atoms with Crippen LogP contribution in [0.5, 0.6) is 34.5 Å². The first kappa shape index (κ1) is 42.1. The lowest BCUT2D eigenvalue weighted by molar-refractivity contribution is -0.277. The Labute approximate surface area is 346 Å². The highest BCUT2D eigenvalue weighted by Gasteiger charge is 2.49. The van der Waals surface area contributed by atoms with Crippen molar-refractivity contribution >= 4 is 27.9 Å². The van der Waals surface area contributed by atoms with E-state index < -0.39 is 96.3 Å². The minimum Gasteiger partial charge on any atom is -0.508 e. The summed E-state index contributed by atoms with van der Waals surface area (Å²) >= 11 is 0. The molecular weight excluding hydrogens is 824 g/mol. The van der Waals surface area contributed by atoms with Crippen molar-refractivity contribution in [3.8, 4) is 57.1 Å². The quantitative estimate of drug-likeness (QED) is 0.0691. The molecule has 2 saturated heterocycles. The molecule has 4 heterocycles. The number of carbonyl (C=O) groups excluding carboxylic acids is 1. The molecule has 4 aromatic carbocycles. The number of benzene rings is 4. The third kappa shape index (κ3) is 8.00. The Hall–Kier alpha value is -6.59. The van der Waals surface area contributed by atoms with E-state index in [-0.39, 0.29) is 56.5 Å². The summed E-state index contributed by atoms with van der Waals surface area (Å²) in [5, 5.41) is 103. The molecule has 8 rings (SSSR count). The summed E-state index contributed by atoms with van der Waals surface area (Å²) < 4.78 is 39.9. The van der Waals surface area contributed by atoms with Crippen LogP contribution >= 0.6 is 0 Å². The summed E-state index contributed by atoms with van der Waals surface area (Å²) in [6.45, 7) is -0.786. The second kappa shape index (κ2) is 16.7. The van der Waals surface area contributed by atoms with Crippen LogP contribution in [0.25, 0.3) is 44.6 Å². The van der Waals surface area contributed by atoms with E-state index in [0.29, 0.717) is 11.1 Å². The molecule has 324 valence electrons. The Morgan fingerprint density at radius 2 is 1.05 bits per heavy atom. The van der Waals surface area contributed by atoms with Crippen LogP contribution < -0.4 is 25.1 Å². The highest BCUT2D eigenvalue weighted by atomic mass is 16.7. The lowest BCUT2D eigenvalue weighted by Crippen LogP contribution is -2.61. The van der Waals surface area contributed by atoms with Crippen molar-refractivity contribution in [2.24, 2.45) is 0 Å². The van der Waals surface area contributed by atoms with Crippen LogP contribution in [0, 0.1) is 0 Å². The molecule has 20 heteroatoms. The molecule has 2 fully saturated rings. The molecule has 0 aliphatic carbocycles. The van der Waals surface area contributed by atoms with Gasteiger partial charge in [0.05, 0.1) is 6.61 Å². The molecule has 2 aliphatic rings. The highest BCUT2D eigenvalue weighted by Crippen LogP contribution is 2.37. The van der Waals surface area contributed by atoms with Crippen LogP contribution in [0.15, 0.2) is 103 Å². The number of aliphatic hydroxyl groups excluding tert-OH is 7. The van der Waals surface area contributed by atoms with Crippen LogP contribution in [0.2, 0.25) is 0 Å². The van der Waals surface area contributed by atoms with Crippen molar-refractivity contribution in [3.05, 3.63) is 105 Å². The molecule has 2 aliphatic heterocycles. The number of ether oxygens (including phenoxy) is 5. The van der Waals surface area contributed by atoms with Gasteiger partial charge in [0.15, 0.2) is 17.0 Å². The van der Waals surface area contributed by atoms with Gasteiger partial charge >= 0.3 is 5.97 Å². The van der Waals surface area contributed by atoms with E-state index in [1.807, 2.05) is 0 Å². The standard InChI is InChI=1S/C42H36O20/c43-15-30-33(49)34(50)37(53)41(61-30)57-21-11-28-32(24(48)14-26(59-28)17-3-7-19(45)8-4-17)29(12-21)60-40(55)39-36(52)35(51)38(54)42(62-39)56-20-9-22(46)31-23(47)13-25(58-27(31)10-20)16-1-5-18(44)6-2-16/h1-14,30,33-39,41-46,49-54H,15H2/t30-,33-,34+,35+,36+,37-,38-,39+,41?,42?/m1/s1. The number of aliphatic hydroxyl groups is 7. The number of hydrogen-bond acceptors (Lipinski definition) is 20. The fourth-order valence-electron chi connectivity index (χ4n) is 6.96. The summed E-state index contributed by atoms with van der Waals surface area (Å²) in [4.78, 5) is 40.5. The van der Waals surface area contributed by atoms with E-state index in [1.165, 1.54) is 48.5 Å². The monoisotopic (exact) mass is 860 g/mol. The molecule has 0 radical (unpaired) electrons. The molecule has 0 spiro atoms. The van der Waals surface area contributed by atoms with Crippen molar-refractivity contribution in [3.63, 3.8) is 0 Å². The van der Waals surface area contributed by atoms with Gasteiger partial charge in [-0.1, -0.05) is 0 Å². The Balaban J connectivity index is 1.11.